The minimum absolute atomic E-state index is 0.206. The standard InChI is InChI=1S/C20H30O2/c1-5-6-7-8-17-13-19(21)18(20(22)14-17)12-11-16(4)10-9-15(2)3/h9,11,13-14,21-22H,5-8,10,12H2,1-4H3. The highest BCUT2D eigenvalue weighted by atomic mass is 16.3. The van der Waals surface area contributed by atoms with Crippen molar-refractivity contribution >= 4 is 0 Å². The number of allylic oxidation sites excluding steroid dienone is 4. The maximum atomic E-state index is 10.2. The minimum Gasteiger partial charge on any atom is -0.508 e. The van der Waals surface area contributed by atoms with Crippen LogP contribution in [-0.2, 0) is 12.8 Å². The maximum Gasteiger partial charge on any atom is 0.123 e. The third-order valence-electron chi connectivity index (χ3n) is 3.82. The van der Waals surface area contributed by atoms with Crippen LogP contribution in [0.1, 0.15) is 64.5 Å². The van der Waals surface area contributed by atoms with E-state index >= 15 is 0 Å². The number of phenolic OH excluding ortho intramolecular Hbond substituents is 2. The lowest BCUT2D eigenvalue weighted by Crippen LogP contribution is -1.91. The minimum atomic E-state index is 0.206. The van der Waals surface area contributed by atoms with Gasteiger partial charge in [0.2, 0.25) is 0 Å². The first-order valence-electron chi connectivity index (χ1n) is 8.26. The van der Waals surface area contributed by atoms with Crippen molar-refractivity contribution in [3.8, 4) is 11.5 Å². The third-order valence-corrected chi connectivity index (χ3v) is 3.82. The molecule has 0 heterocycles. The molecule has 2 nitrogen and oxygen atoms in total. The highest BCUT2D eigenvalue weighted by molar-refractivity contribution is 5.47. The first-order valence-corrected chi connectivity index (χ1v) is 8.26. The van der Waals surface area contributed by atoms with E-state index in [0.29, 0.717) is 12.0 Å². The first kappa shape index (κ1) is 18.3. The molecule has 1 aromatic carbocycles. The second-order valence-corrected chi connectivity index (χ2v) is 6.31. The molecule has 0 aliphatic heterocycles. The van der Waals surface area contributed by atoms with Crippen LogP contribution in [0, 0.1) is 0 Å². The van der Waals surface area contributed by atoms with E-state index < -0.39 is 0 Å². The molecule has 0 atom stereocenters. The Morgan fingerprint density at radius 2 is 1.64 bits per heavy atom. The summed E-state index contributed by atoms with van der Waals surface area (Å²) in [6.45, 7) is 8.42. The summed E-state index contributed by atoms with van der Waals surface area (Å²) in [4.78, 5) is 0. The van der Waals surface area contributed by atoms with E-state index in [4.69, 9.17) is 0 Å². The topological polar surface area (TPSA) is 40.5 Å². The fourth-order valence-electron chi connectivity index (χ4n) is 2.36. The molecule has 0 bridgehead atoms. The molecule has 1 aromatic rings. The lowest BCUT2D eigenvalue weighted by atomic mass is 10.0. The summed E-state index contributed by atoms with van der Waals surface area (Å²) >= 11 is 0. The highest BCUT2D eigenvalue weighted by Crippen LogP contribution is 2.30. The second-order valence-electron chi connectivity index (χ2n) is 6.31. The quantitative estimate of drug-likeness (QED) is 0.479. The number of phenols is 2. The van der Waals surface area contributed by atoms with E-state index in [1.807, 2.05) is 0 Å². The number of benzene rings is 1. The Morgan fingerprint density at radius 1 is 1.00 bits per heavy atom. The molecule has 0 amide bonds. The summed E-state index contributed by atoms with van der Waals surface area (Å²) < 4.78 is 0. The number of aromatic hydroxyl groups is 2. The summed E-state index contributed by atoms with van der Waals surface area (Å²) in [5.74, 6) is 0.413. The van der Waals surface area contributed by atoms with Crippen molar-refractivity contribution in [3.63, 3.8) is 0 Å². The van der Waals surface area contributed by atoms with E-state index in [1.54, 1.807) is 12.1 Å². The van der Waals surface area contributed by atoms with Crippen LogP contribution >= 0.6 is 0 Å². The Balaban J connectivity index is 2.75. The van der Waals surface area contributed by atoms with Crippen molar-refractivity contribution in [2.45, 2.75) is 66.2 Å². The van der Waals surface area contributed by atoms with Crippen LogP contribution in [0.2, 0.25) is 0 Å². The van der Waals surface area contributed by atoms with Crippen LogP contribution in [0.5, 0.6) is 11.5 Å². The van der Waals surface area contributed by atoms with Gasteiger partial charge in [0, 0.05) is 5.56 Å². The van der Waals surface area contributed by atoms with Crippen LogP contribution in [0.25, 0.3) is 0 Å². The SMILES string of the molecule is CCCCCc1cc(O)c(CC=C(C)CC=C(C)C)c(O)c1. The van der Waals surface area contributed by atoms with Gasteiger partial charge in [-0.05, 0) is 64.2 Å². The van der Waals surface area contributed by atoms with Gasteiger partial charge in [-0.25, -0.2) is 0 Å². The number of hydrogen-bond acceptors (Lipinski definition) is 2. The summed E-state index contributed by atoms with van der Waals surface area (Å²) in [6.07, 6.45) is 10.1. The van der Waals surface area contributed by atoms with E-state index in [0.717, 1.165) is 24.8 Å². The predicted molar refractivity (Wildman–Crippen MR) is 94.5 cm³/mol. The van der Waals surface area contributed by atoms with Gasteiger partial charge in [-0.1, -0.05) is 43.1 Å². The summed E-state index contributed by atoms with van der Waals surface area (Å²) in [7, 11) is 0. The molecule has 0 aromatic heterocycles. The second kappa shape index (κ2) is 9.34. The average Bonchev–Trinajstić information content (AvgIpc) is 2.44. The number of rotatable bonds is 8. The zero-order valence-electron chi connectivity index (χ0n) is 14.4. The molecule has 0 saturated carbocycles. The normalized spacial score (nSPS) is 11.5. The molecule has 0 fully saturated rings. The summed E-state index contributed by atoms with van der Waals surface area (Å²) in [6, 6.07) is 3.59. The van der Waals surface area contributed by atoms with E-state index in [1.165, 1.54) is 24.0 Å². The van der Waals surface area contributed by atoms with Gasteiger partial charge < -0.3 is 10.2 Å². The molecular formula is C20H30O2. The van der Waals surface area contributed by atoms with Crippen molar-refractivity contribution in [1.29, 1.82) is 0 Å². The van der Waals surface area contributed by atoms with Gasteiger partial charge in [-0.2, -0.15) is 0 Å². The van der Waals surface area contributed by atoms with E-state index in [9.17, 15) is 10.2 Å². The molecular weight excluding hydrogens is 272 g/mol. The fourth-order valence-corrected chi connectivity index (χ4v) is 2.36. The molecule has 22 heavy (non-hydrogen) atoms. The van der Waals surface area contributed by atoms with Crippen LogP contribution in [0.4, 0.5) is 0 Å². The predicted octanol–water partition coefficient (Wildman–Crippen LogP) is 5.68. The van der Waals surface area contributed by atoms with Gasteiger partial charge in [0.1, 0.15) is 11.5 Å². The van der Waals surface area contributed by atoms with Crippen LogP contribution in [0.15, 0.2) is 35.4 Å². The zero-order chi connectivity index (χ0) is 16.5. The van der Waals surface area contributed by atoms with Gasteiger partial charge in [0.05, 0.1) is 0 Å². The van der Waals surface area contributed by atoms with Crippen molar-refractivity contribution < 1.29 is 10.2 Å². The van der Waals surface area contributed by atoms with Gasteiger partial charge in [-0.15, -0.1) is 0 Å². The van der Waals surface area contributed by atoms with Crippen molar-refractivity contribution in [1.82, 2.24) is 0 Å². The molecule has 0 aliphatic rings. The molecule has 0 saturated heterocycles. The molecule has 2 N–H and O–H groups in total. The molecule has 1 rings (SSSR count). The lowest BCUT2D eigenvalue weighted by Gasteiger charge is -2.09. The fraction of sp³-hybridized carbons (Fsp3) is 0.500. The largest absolute Gasteiger partial charge is 0.508 e. The lowest BCUT2D eigenvalue weighted by molar-refractivity contribution is 0.439. The number of hydrogen-bond donors (Lipinski definition) is 2. The van der Waals surface area contributed by atoms with Gasteiger partial charge >= 0.3 is 0 Å². The van der Waals surface area contributed by atoms with Crippen LogP contribution in [0.3, 0.4) is 0 Å². The van der Waals surface area contributed by atoms with Gasteiger partial charge in [0.25, 0.3) is 0 Å². The first-order chi connectivity index (χ1) is 10.4. The molecule has 122 valence electrons. The van der Waals surface area contributed by atoms with E-state index in [2.05, 4.69) is 39.8 Å². The Bertz CT molecular complexity index is 512. The Hall–Kier alpha value is -1.70. The molecule has 2 heteroatoms. The van der Waals surface area contributed by atoms with Crippen molar-refractivity contribution in [2.24, 2.45) is 0 Å². The van der Waals surface area contributed by atoms with Gasteiger partial charge in [-0.3, -0.25) is 0 Å². The molecule has 0 radical (unpaired) electrons. The van der Waals surface area contributed by atoms with Crippen LogP contribution in [-0.4, -0.2) is 10.2 Å². The highest BCUT2D eigenvalue weighted by Gasteiger charge is 2.09. The number of unbranched alkanes of at least 4 members (excludes halogenated alkanes) is 2. The van der Waals surface area contributed by atoms with Crippen molar-refractivity contribution in [2.75, 3.05) is 0 Å². The summed E-state index contributed by atoms with van der Waals surface area (Å²) in [5.41, 5.74) is 4.18. The Labute approximate surface area is 135 Å². The molecule has 0 spiro atoms. The number of aryl methyl sites for hydroxylation is 1. The Kier molecular flexibility index (Phi) is 7.79. The Morgan fingerprint density at radius 3 is 2.18 bits per heavy atom. The van der Waals surface area contributed by atoms with Crippen LogP contribution < -0.4 is 0 Å². The molecule has 0 aliphatic carbocycles. The third kappa shape index (κ3) is 6.38. The molecule has 0 unspecified atom stereocenters. The van der Waals surface area contributed by atoms with E-state index in [-0.39, 0.29) is 11.5 Å². The smallest absolute Gasteiger partial charge is 0.123 e. The zero-order valence-corrected chi connectivity index (χ0v) is 14.4. The van der Waals surface area contributed by atoms with Crippen molar-refractivity contribution in [3.05, 3.63) is 46.6 Å². The average molecular weight is 302 g/mol. The monoisotopic (exact) mass is 302 g/mol. The maximum absolute atomic E-state index is 10.2. The van der Waals surface area contributed by atoms with Gasteiger partial charge in [0.15, 0.2) is 0 Å². The summed E-state index contributed by atoms with van der Waals surface area (Å²) in [5, 5.41) is 20.3.